The molecule has 4 heteroatoms. The number of hydrogen-bond donors (Lipinski definition) is 2. The summed E-state index contributed by atoms with van der Waals surface area (Å²) in [6, 6.07) is 0. The molecule has 0 saturated carbocycles. The Labute approximate surface area is 59.9 Å². The predicted octanol–water partition coefficient (Wildman–Crippen LogP) is 1.13. The van der Waals surface area contributed by atoms with Gasteiger partial charge in [0.2, 0.25) is 0 Å². The van der Waals surface area contributed by atoms with Gasteiger partial charge in [-0.2, -0.15) is 0 Å². The predicted molar refractivity (Wildman–Crippen MR) is 38.8 cm³/mol. The van der Waals surface area contributed by atoms with Crippen molar-refractivity contribution in [3.8, 4) is 0 Å². The van der Waals surface area contributed by atoms with E-state index in [1.807, 2.05) is 12.2 Å². The van der Waals surface area contributed by atoms with Gasteiger partial charge in [0.25, 0.3) is 0 Å². The van der Waals surface area contributed by atoms with Gasteiger partial charge >= 0.3 is 7.60 Å². The van der Waals surface area contributed by atoms with Crippen molar-refractivity contribution in [3.05, 3.63) is 12.2 Å². The molecule has 58 valence electrons. The van der Waals surface area contributed by atoms with Crippen LogP contribution in [0, 0.1) is 5.92 Å². The van der Waals surface area contributed by atoms with Gasteiger partial charge in [0, 0.05) is 0 Å². The summed E-state index contributed by atoms with van der Waals surface area (Å²) in [4.78, 5) is 16.9. The van der Waals surface area contributed by atoms with Gasteiger partial charge in [-0.05, 0) is 18.8 Å². The van der Waals surface area contributed by atoms with Crippen LogP contribution in [0.4, 0.5) is 0 Å². The second-order valence-corrected chi connectivity index (χ2v) is 4.38. The lowest BCUT2D eigenvalue weighted by atomic mass is 9.93. The highest BCUT2D eigenvalue weighted by Crippen LogP contribution is 2.37. The minimum absolute atomic E-state index is 0.0298. The Bertz CT molecular complexity index is 181. The average Bonchev–Trinajstić information content (AvgIpc) is 1.56. The van der Waals surface area contributed by atoms with Crippen LogP contribution in [0.25, 0.3) is 0 Å². The molecule has 10 heavy (non-hydrogen) atoms. The largest absolute Gasteiger partial charge is 0.325 e. The second-order valence-electron chi connectivity index (χ2n) is 2.60. The van der Waals surface area contributed by atoms with Gasteiger partial charge in [0.1, 0.15) is 0 Å². The Morgan fingerprint density at radius 3 is 2.50 bits per heavy atom. The minimum Gasteiger partial charge on any atom is -0.324 e. The van der Waals surface area contributed by atoms with Gasteiger partial charge in [-0.15, -0.1) is 0 Å². The molecule has 0 aromatic carbocycles. The summed E-state index contributed by atoms with van der Waals surface area (Å²) in [5.74, 6) is 0.424. The van der Waals surface area contributed by atoms with Crippen LogP contribution < -0.4 is 0 Å². The maximum absolute atomic E-state index is 10.3. The molecule has 0 amide bonds. The third-order valence-electron chi connectivity index (χ3n) is 1.64. The summed E-state index contributed by atoms with van der Waals surface area (Å²) in [5, 5.41) is 0. The lowest BCUT2D eigenvalue weighted by Gasteiger charge is -2.16. The van der Waals surface area contributed by atoms with Crippen LogP contribution in [0.1, 0.15) is 12.8 Å². The molecular formula is C6H11O3P. The molecule has 0 aromatic heterocycles. The van der Waals surface area contributed by atoms with Gasteiger partial charge in [-0.1, -0.05) is 12.2 Å². The van der Waals surface area contributed by atoms with Crippen molar-refractivity contribution in [2.45, 2.75) is 12.8 Å². The fraction of sp³-hybridized carbons (Fsp3) is 0.667. The van der Waals surface area contributed by atoms with Gasteiger partial charge in [-0.3, -0.25) is 4.57 Å². The molecule has 0 aromatic rings. The maximum Gasteiger partial charge on any atom is 0.325 e. The zero-order chi connectivity index (χ0) is 7.61. The van der Waals surface area contributed by atoms with Gasteiger partial charge in [0.05, 0.1) is 6.16 Å². The molecule has 0 fully saturated rings. The summed E-state index contributed by atoms with van der Waals surface area (Å²) in [6.45, 7) is 0. The fourth-order valence-electron chi connectivity index (χ4n) is 0.877. The molecule has 3 nitrogen and oxygen atoms in total. The number of hydrogen-bond acceptors (Lipinski definition) is 1. The first-order valence-electron chi connectivity index (χ1n) is 3.29. The van der Waals surface area contributed by atoms with E-state index < -0.39 is 7.60 Å². The summed E-state index contributed by atoms with van der Waals surface area (Å²) in [6.07, 6.45) is 5.66. The Morgan fingerprint density at radius 2 is 2.20 bits per heavy atom. The van der Waals surface area contributed by atoms with E-state index in [-0.39, 0.29) is 6.16 Å². The van der Waals surface area contributed by atoms with Crippen LogP contribution in [0.3, 0.4) is 0 Å². The highest BCUT2D eigenvalue weighted by Gasteiger charge is 2.17. The van der Waals surface area contributed by atoms with Crippen LogP contribution in [0.2, 0.25) is 0 Å². The van der Waals surface area contributed by atoms with Crippen molar-refractivity contribution in [1.29, 1.82) is 0 Å². The quantitative estimate of drug-likeness (QED) is 0.483. The van der Waals surface area contributed by atoms with Crippen LogP contribution >= 0.6 is 7.60 Å². The molecule has 1 atom stereocenters. The lowest BCUT2D eigenvalue weighted by molar-refractivity contribution is 0.367. The van der Waals surface area contributed by atoms with Crippen molar-refractivity contribution in [2.24, 2.45) is 5.92 Å². The number of rotatable bonds is 3. The average molecular weight is 162 g/mol. The molecule has 0 heterocycles. The molecule has 0 spiro atoms. The molecule has 1 unspecified atom stereocenters. The monoisotopic (exact) mass is 162 g/mol. The molecule has 1 rings (SSSR count). The summed E-state index contributed by atoms with van der Waals surface area (Å²) < 4.78 is 10.3. The van der Waals surface area contributed by atoms with Crippen molar-refractivity contribution >= 4 is 7.60 Å². The van der Waals surface area contributed by atoms with Crippen molar-refractivity contribution in [3.63, 3.8) is 0 Å². The third kappa shape index (κ3) is 2.65. The van der Waals surface area contributed by atoms with E-state index in [4.69, 9.17) is 9.79 Å². The van der Waals surface area contributed by atoms with E-state index >= 15 is 0 Å². The van der Waals surface area contributed by atoms with E-state index in [0.717, 1.165) is 6.42 Å². The fourth-order valence-corrected chi connectivity index (χ4v) is 1.54. The minimum atomic E-state index is -3.73. The van der Waals surface area contributed by atoms with E-state index in [9.17, 15) is 4.57 Å². The highest BCUT2D eigenvalue weighted by atomic mass is 31.2. The van der Waals surface area contributed by atoms with Crippen LogP contribution in [0.5, 0.6) is 0 Å². The molecule has 2 N–H and O–H groups in total. The first-order chi connectivity index (χ1) is 4.58. The molecule has 1 aliphatic rings. The Hall–Kier alpha value is -0.110. The van der Waals surface area contributed by atoms with Gasteiger partial charge < -0.3 is 9.79 Å². The maximum atomic E-state index is 10.3. The molecular weight excluding hydrogens is 151 g/mol. The Kier molecular flexibility index (Phi) is 2.29. The van der Waals surface area contributed by atoms with Crippen molar-refractivity contribution < 1.29 is 14.4 Å². The second kappa shape index (κ2) is 2.87. The normalized spacial score (nSPS) is 24.4. The Balaban J connectivity index is 2.17. The SMILES string of the molecule is O=P(O)(O)CCC1C=CC1. The zero-order valence-electron chi connectivity index (χ0n) is 5.60. The molecule has 1 aliphatic carbocycles. The summed E-state index contributed by atoms with van der Waals surface area (Å²) in [5.41, 5.74) is 0. The summed E-state index contributed by atoms with van der Waals surface area (Å²) >= 11 is 0. The van der Waals surface area contributed by atoms with Gasteiger partial charge in [0.15, 0.2) is 0 Å². The lowest BCUT2D eigenvalue weighted by Crippen LogP contribution is -2.05. The first kappa shape index (κ1) is 7.99. The van der Waals surface area contributed by atoms with Crippen LogP contribution in [-0.4, -0.2) is 15.9 Å². The van der Waals surface area contributed by atoms with Crippen molar-refractivity contribution in [2.75, 3.05) is 6.16 Å². The molecule has 0 saturated heterocycles. The first-order valence-corrected chi connectivity index (χ1v) is 5.09. The van der Waals surface area contributed by atoms with Crippen molar-refractivity contribution in [1.82, 2.24) is 0 Å². The Morgan fingerprint density at radius 1 is 1.60 bits per heavy atom. The van der Waals surface area contributed by atoms with E-state index in [1.165, 1.54) is 0 Å². The van der Waals surface area contributed by atoms with E-state index in [2.05, 4.69) is 0 Å². The van der Waals surface area contributed by atoms with Crippen LogP contribution in [-0.2, 0) is 4.57 Å². The highest BCUT2D eigenvalue weighted by molar-refractivity contribution is 7.51. The topological polar surface area (TPSA) is 57.5 Å². The zero-order valence-corrected chi connectivity index (χ0v) is 6.50. The van der Waals surface area contributed by atoms with Gasteiger partial charge in [-0.25, -0.2) is 0 Å². The third-order valence-corrected chi connectivity index (χ3v) is 2.48. The standard InChI is InChI=1S/C6H11O3P/c7-10(8,9)5-4-6-2-1-3-6/h1-2,6H,3-5H2,(H2,7,8,9). The van der Waals surface area contributed by atoms with Crippen LogP contribution in [0.15, 0.2) is 12.2 Å². The number of allylic oxidation sites excluding steroid dienone is 2. The molecule has 0 radical (unpaired) electrons. The molecule has 0 bridgehead atoms. The summed E-state index contributed by atoms with van der Waals surface area (Å²) in [7, 11) is -3.73. The molecule has 0 aliphatic heterocycles. The smallest absolute Gasteiger partial charge is 0.324 e. The van der Waals surface area contributed by atoms with E-state index in [0.29, 0.717) is 12.3 Å². The van der Waals surface area contributed by atoms with E-state index in [1.54, 1.807) is 0 Å².